The zero-order valence-corrected chi connectivity index (χ0v) is 11.2. The van der Waals surface area contributed by atoms with Crippen LogP contribution in [-0.2, 0) is 9.53 Å². The minimum Gasteiger partial charge on any atom is -0.375 e. The summed E-state index contributed by atoms with van der Waals surface area (Å²) in [5, 5.41) is 11.0. The van der Waals surface area contributed by atoms with Gasteiger partial charge in [-0.3, -0.25) is 10.1 Å². The molecule has 18 heavy (non-hydrogen) atoms. The number of rotatable bonds is 3. The molecule has 102 valence electrons. The fraction of sp³-hybridized carbons (Fsp3) is 0.917. The highest BCUT2D eigenvalue weighted by atomic mass is 16.6. The molecule has 6 heteroatoms. The van der Waals surface area contributed by atoms with E-state index in [1.54, 1.807) is 14.0 Å². The highest BCUT2D eigenvalue weighted by Gasteiger charge is 2.78. The molecule has 1 aliphatic carbocycles. The lowest BCUT2D eigenvalue weighted by Crippen LogP contribution is -2.52. The minimum atomic E-state index is -0.526. The lowest BCUT2D eigenvalue weighted by Gasteiger charge is -2.33. The normalized spacial score (nSPS) is 42.8. The van der Waals surface area contributed by atoms with Crippen LogP contribution in [0.3, 0.4) is 0 Å². The zero-order chi connectivity index (χ0) is 13.6. The molecule has 1 saturated carbocycles. The Morgan fingerprint density at radius 3 is 2.61 bits per heavy atom. The average Bonchev–Trinajstić information content (AvgIpc) is 2.98. The highest BCUT2D eigenvalue weighted by Crippen LogP contribution is 2.53. The second-order valence-electron chi connectivity index (χ2n) is 5.51. The van der Waals surface area contributed by atoms with Gasteiger partial charge in [0, 0.05) is 18.5 Å². The van der Waals surface area contributed by atoms with Crippen LogP contribution in [0, 0.1) is 10.1 Å². The molecule has 0 N–H and O–H groups in total. The smallest absolute Gasteiger partial charge is 0.311 e. The first-order valence-electron chi connectivity index (χ1n) is 6.48. The summed E-state index contributed by atoms with van der Waals surface area (Å²) in [5.41, 5.74) is -0.342. The summed E-state index contributed by atoms with van der Waals surface area (Å²) in [6.45, 7) is 4.95. The first kappa shape index (κ1) is 13.4. The van der Waals surface area contributed by atoms with Crippen molar-refractivity contribution in [2.45, 2.75) is 50.8 Å². The second kappa shape index (κ2) is 4.28. The van der Waals surface area contributed by atoms with Crippen LogP contribution in [0.4, 0.5) is 0 Å². The topological polar surface area (TPSA) is 69.4 Å². The van der Waals surface area contributed by atoms with E-state index in [0.717, 1.165) is 0 Å². The van der Waals surface area contributed by atoms with Crippen molar-refractivity contribution >= 4 is 5.91 Å². The van der Waals surface area contributed by atoms with Crippen LogP contribution in [0.25, 0.3) is 0 Å². The maximum atomic E-state index is 11.9. The van der Waals surface area contributed by atoms with Crippen molar-refractivity contribution in [3.63, 3.8) is 0 Å². The zero-order valence-electron chi connectivity index (χ0n) is 11.2. The van der Waals surface area contributed by atoms with Gasteiger partial charge in [-0.05, 0) is 13.3 Å². The molecule has 4 atom stereocenters. The molecule has 0 radical (unpaired) electrons. The Bertz CT molecular complexity index is 386. The number of methoxy groups -OCH3 is 1. The molecule has 4 unspecified atom stereocenters. The van der Waals surface area contributed by atoms with Gasteiger partial charge in [-0.15, -0.1) is 0 Å². The first-order chi connectivity index (χ1) is 8.43. The maximum Gasteiger partial charge on any atom is 0.311 e. The number of hydrogen-bond donors (Lipinski definition) is 0. The molecule has 2 fully saturated rings. The van der Waals surface area contributed by atoms with Gasteiger partial charge < -0.3 is 4.74 Å². The van der Waals surface area contributed by atoms with Gasteiger partial charge >= 0.3 is 5.91 Å². The molecular weight excluding hydrogens is 236 g/mol. The van der Waals surface area contributed by atoms with Crippen LogP contribution in [0.5, 0.6) is 0 Å². The summed E-state index contributed by atoms with van der Waals surface area (Å²) in [5.74, 6) is 0.101. The molecule has 1 amide bonds. The fourth-order valence-electron chi connectivity index (χ4n) is 3.89. The largest absolute Gasteiger partial charge is 0.375 e. The quantitative estimate of drug-likeness (QED) is 0.327. The van der Waals surface area contributed by atoms with E-state index in [0.29, 0.717) is 36.8 Å². The SMILES string of the molecule is CC[N+]1(C(C)=O)CC12CC([N+](=O)[O-])CCC2OC. The van der Waals surface area contributed by atoms with Crippen LogP contribution >= 0.6 is 0 Å². The molecule has 0 aromatic rings. The Labute approximate surface area is 107 Å². The lowest BCUT2D eigenvalue weighted by atomic mass is 9.82. The average molecular weight is 257 g/mol. The van der Waals surface area contributed by atoms with Crippen molar-refractivity contribution in [3.8, 4) is 0 Å². The molecule has 0 aromatic carbocycles. The van der Waals surface area contributed by atoms with Crippen LogP contribution in [0.2, 0.25) is 0 Å². The fourth-order valence-corrected chi connectivity index (χ4v) is 3.89. The molecular formula is C12H21N2O4+. The van der Waals surface area contributed by atoms with Crippen molar-refractivity contribution in [1.82, 2.24) is 0 Å². The van der Waals surface area contributed by atoms with Gasteiger partial charge in [0.1, 0.15) is 12.6 Å². The van der Waals surface area contributed by atoms with E-state index in [4.69, 9.17) is 4.74 Å². The van der Waals surface area contributed by atoms with E-state index in [9.17, 15) is 14.9 Å². The monoisotopic (exact) mass is 257 g/mol. The Kier molecular flexibility index (Phi) is 3.19. The minimum absolute atomic E-state index is 0.0300. The molecule has 0 aromatic heterocycles. The van der Waals surface area contributed by atoms with Gasteiger partial charge in [-0.2, -0.15) is 0 Å². The van der Waals surface area contributed by atoms with Crippen molar-refractivity contribution in [2.24, 2.45) is 0 Å². The number of carbonyl (C=O) groups excluding carboxylic acids is 1. The summed E-state index contributed by atoms with van der Waals surface area (Å²) in [7, 11) is 1.64. The number of carbonyl (C=O) groups is 1. The van der Waals surface area contributed by atoms with E-state index < -0.39 is 6.04 Å². The van der Waals surface area contributed by atoms with Gasteiger partial charge in [0.2, 0.25) is 6.04 Å². The van der Waals surface area contributed by atoms with Crippen LogP contribution in [-0.4, -0.2) is 53.2 Å². The number of nitrogens with zero attached hydrogens (tertiary/aromatic N) is 2. The Balaban J connectivity index is 2.28. The van der Waals surface area contributed by atoms with Crippen LogP contribution < -0.4 is 0 Å². The van der Waals surface area contributed by atoms with Crippen LogP contribution in [0.15, 0.2) is 0 Å². The van der Waals surface area contributed by atoms with Crippen molar-refractivity contribution in [3.05, 3.63) is 10.1 Å². The first-order valence-corrected chi connectivity index (χ1v) is 6.48. The molecule has 1 spiro atoms. The Morgan fingerprint density at radius 2 is 2.22 bits per heavy atom. The standard InChI is InChI=1S/C12H21N2O4/c1-4-14(9(2)15)8-12(14)7-10(13(16)17)5-6-11(12)18-3/h10-11H,4-8H2,1-3H3/q+1. The van der Waals surface area contributed by atoms with Gasteiger partial charge in [0.25, 0.3) is 0 Å². The molecule has 6 nitrogen and oxygen atoms in total. The molecule has 1 heterocycles. The Hall–Kier alpha value is -1.01. The van der Waals surface area contributed by atoms with Crippen molar-refractivity contribution in [1.29, 1.82) is 0 Å². The number of amides is 1. The maximum absolute atomic E-state index is 11.9. The summed E-state index contributed by atoms with van der Waals surface area (Å²) >= 11 is 0. The predicted octanol–water partition coefficient (Wildman–Crippen LogP) is 0.966. The number of quaternary nitrogens is 1. The number of ether oxygens (including phenoxy) is 1. The number of hydrogen-bond acceptors (Lipinski definition) is 4. The number of nitro groups is 1. The lowest BCUT2D eigenvalue weighted by molar-refractivity contribution is -0.757. The van der Waals surface area contributed by atoms with E-state index in [-0.39, 0.29) is 22.5 Å². The van der Waals surface area contributed by atoms with Crippen LogP contribution in [0.1, 0.15) is 33.1 Å². The van der Waals surface area contributed by atoms with Gasteiger partial charge in [-0.1, -0.05) is 0 Å². The second-order valence-corrected chi connectivity index (χ2v) is 5.51. The van der Waals surface area contributed by atoms with E-state index in [1.807, 2.05) is 6.92 Å². The Morgan fingerprint density at radius 1 is 1.56 bits per heavy atom. The van der Waals surface area contributed by atoms with E-state index in [2.05, 4.69) is 0 Å². The van der Waals surface area contributed by atoms with Gasteiger partial charge in [0.15, 0.2) is 5.54 Å². The van der Waals surface area contributed by atoms with E-state index in [1.165, 1.54) is 0 Å². The predicted molar refractivity (Wildman–Crippen MR) is 64.5 cm³/mol. The summed E-state index contributed by atoms with van der Waals surface area (Å²) in [6.07, 6.45) is 1.66. The number of likely N-dealkylation sites (N-methyl/N-ethyl adjacent to an activating group) is 1. The van der Waals surface area contributed by atoms with E-state index >= 15 is 0 Å². The molecule has 0 bridgehead atoms. The third-order valence-electron chi connectivity index (χ3n) is 4.97. The van der Waals surface area contributed by atoms with Gasteiger partial charge in [0.05, 0.1) is 19.9 Å². The molecule has 2 aliphatic rings. The molecule has 1 aliphatic heterocycles. The summed E-state index contributed by atoms with van der Waals surface area (Å²) < 4.78 is 5.87. The van der Waals surface area contributed by atoms with Crippen molar-refractivity contribution in [2.75, 3.05) is 20.2 Å². The third kappa shape index (κ3) is 1.59. The molecule has 2 rings (SSSR count). The summed E-state index contributed by atoms with van der Waals surface area (Å²) in [6, 6.07) is -0.526. The van der Waals surface area contributed by atoms with Crippen molar-refractivity contribution < 1.29 is 18.9 Å². The highest BCUT2D eigenvalue weighted by molar-refractivity contribution is 5.68. The third-order valence-corrected chi connectivity index (χ3v) is 4.97. The van der Waals surface area contributed by atoms with Gasteiger partial charge in [-0.25, -0.2) is 9.28 Å². The molecule has 1 saturated heterocycles. The summed E-state index contributed by atoms with van der Waals surface area (Å²) in [4.78, 5) is 22.7.